The molecule has 1 heterocycles. The molecule has 4 heteroatoms. The number of hydrogen-bond acceptors (Lipinski definition) is 2. The number of halogens is 1. The van der Waals surface area contributed by atoms with Crippen molar-refractivity contribution in [2.45, 2.75) is 25.4 Å². The Morgan fingerprint density at radius 1 is 0.800 bits per heavy atom. The first-order chi connectivity index (χ1) is 17.1. The molecule has 35 heavy (non-hydrogen) atoms. The molecule has 1 aliphatic heterocycles. The Hall–Kier alpha value is -3.27. The summed E-state index contributed by atoms with van der Waals surface area (Å²) in [7, 11) is 3.40. The van der Waals surface area contributed by atoms with E-state index < -0.39 is 0 Å². The van der Waals surface area contributed by atoms with Crippen LogP contribution in [-0.2, 0) is 19.4 Å². The lowest BCUT2D eigenvalue weighted by atomic mass is 9.87. The highest BCUT2D eigenvalue weighted by Gasteiger charge is 2.34. The predicted octanol–water partition coefficient (Wildman–Crippen LogP) is 5.66. The second kappa shape index (κ2) is 9.07. The van der Waals surface area contributed by atoms with E-state index in [9.17, 15) is 0 Å². The van der Waals surface area contributed by atoms with Gasteiger partial charge in [0.1, 0.15) is 12.6 Å². The molecule has 176 valence electrons. The fourth-order valence-corrected chi connectivity index (χ4v) is 6.14. The van der Waals surface area contributed by atoms with Crippen LogP contribution in [0, 0.1) is 0 Å². The van der Waals surface area contributed by atoms with Gasteiger partial charge in [-0.1, -0.05) is 60.1 Å². The van der Waals surface area contributed by atoms with Gasteiger partial charge in [0, 0.05) is 28.1 Å². The number of quaternary nitrogens is 1. The van der Waals surface area contributed by atoms with Crippen LogP contribution in [0.4, 0.5) is 0 Å². The van der Waals surface area contributed by atoms with Crippen molar-refractivity contribution in [3.05, 3.63) is 117 Å². The van der Waals surface area contributed by atoms with E-state index in [0.29, 0.717) is 0 Å². The van der Waals surface area contributed by atoms with Gasteiger partial charge in [-0.3, -0.25) is 0 Å². The quantitative estimate of drug-likeness (QED) is 0.349. The van der Waals surface area contributed by atoms with Crippen molar-refractivity contribution in [2.24, 2.45) is 0 Å². The molecule has 0 radical (unpaired) electrons. The number of fused-ring (bicyclic) bond motifs is 4. The molecule has 0 aromatic heterocycles. The number of ether oxygens (including phenoxy) is 2. The highest BCUT2D eigenvalue weighted by Crippen LogP contribution is 2.38. The molecule has 3 nitrogen and oxygen atoms in total. The van der Waals surface area contributed by atoms with Crippen molar-refractivity contribution in [3.63, 3.8) is 0 Å². The Morgan fingerprint density at radius 2 is 1.60 bits per heavy atom. The minimum absolute atomic E-state index is 0.169. The summed E-state index contributed by atoms with van der Waals surface area (Å²) in [5.74, 6) is 1.56. The molecule has 0 saturated carbocycles. The normalized spacial score (nSPS) is 17.9. The van der Waals surface area contributed by atoms with Crippen LogP contribution in [0.1, 0.15) is 39.4 Å². The highest BCUT2D eigenvalue weighted by atomic mass is 35.5. The molecule has 2 aliphatic rings. The van der Waals surface area contributed by atoms with E-state index in [1.807, 2.05) is 6.07 Å². The average molecular weight is 483 g/mol. The SMILES string of the molecule is COc1cc2c(cc1OC)[C@@H](c1cccc(Cl)c1)[NH+](Cc1ccc3c(c1)Cc1ccccc1-3)CC2. The summed E-state index contributed by atoms with van der Waals surface area (Å²) in [4.78, 5) is 1.52. The van der Waals surface area contributed by atoms with E-state index >= 15 is 0 Å². The monoisotopic (exact) mass is 482 g/mol. The van der Waals surface area contributed by atoms with Gasteiger partial charge in [0.2, 0.25) is 0 Å². The first kappa shape index (κ1) is 22.2. The van der Waals surface area contributed by atoms with Gasteiger partial charge in [0.25, 0.3) is 0 Å². The maximum atomic E-state index is 6.46. The van der Waals surface area contributed by atoms with Crippen molar-refractivity contribution in [2.75, 3.05) is 20.8 Å². The third-order valence-electron chi connectivity index (χ3n) is 7.55. The molecule has 0 saturated heterocycles. The molecule has 0 spiro atoms. The van der Waals surface area contributed by atoms with E-state index in [2.05, 4.69) is 72.8 Å². The largest absolute Gasteiger partial charge is 0.493 e. The minimum atomic E-state index is 0.169. The second-order valence-electron chi connectivity index (χ2n) is 9.55. The molecule has 4 aromatic carbocycles. The fourth-order valence-electron chi connectivity index (χ4n) is 5.94. The maximum absolute atomic E-state index is 6.46. The molecule has 6 rings (SSSR count). The van der Waals surface area contributed by atoms with Gasteiger partial charge in [-0.2, -0.15) is 0 Å². The topological polar surface area (TPSA) is 22.9 Å². The van der Waals surface area contributed by atoms with Crippen molar-refractivity contribution >= 4 is 11.6 Å². The number of nitrogens with one attached hydrogen (secondary N) is 1. The summed E-state index contributed by atoms with van der Waals surface area (Å²) in [6.45, 7) is 1.99. The fraction of sp³-hybridized carbons (Fsp3) is 0.226. The number of methoxy groups -OCH3 is 2. The zero-order chi connectivity index (χ0) is 23.9. The van der Waals surface area contributed by atoms with Crippen LogP contribution in [0.25, 0.3) is 11.1 Å². The Balaban J connectivity index is 1.38. The zero-order valence-electron chi connectivity index (χ0n) is 20.1. The van der Waals surface area contributed by atoms with E-state index in [-0.39, 0.29) is 6.04 Å². The van der Waals surface area contributed by atoms with Crippen LogP contribution >= 0.6 is 11.6 Å². The molecule has 1 aliphatic carbocycles. The lowest BCUT2D eigenvalue weighted by molar-refractivity contribution is -0.941. The summed E-state index contributed by atoms with van der Waals surface area (Å²) in [6, 6.07) is 28.6. The van der Waals surface area contributed by atoms with Crippen molar-refractivity contribution < 1.29 is 14.4 Å². The molecule has 1 N–H and O–H groups in total. The van der Waals surface area contributed by atoms with Gasteiger partial charge in [-0.15, -0.1) is 0 Å². The molecule has 4 aromatic rings. The summed E-state index contributed by atoms with van der Waals surface area (Å²) in [5.41, 5.74) is 10.8. The second-order valence-corrected chi connectivity index (χ2v) is 9.99. The van der Waals surface area contributed by atoms with Crippen LogP contribution in [0.5, 0.6) is 11.5 Å². The molecule has 0 bridgehead atoms. The van der Waals surface area contributed by atoms with Gasteiger partial charge in [-0.25, -0.2) is 0 Å². The number of hydrogen-bond donors (Lipinski definition) is 1. The minimum Gasteiger partial charge on any atom is -0.493 e. The van der Waals surface area contributed by atoms with Gasteiger partial charge in [0.15, 0.2) is 11.5 Å². The summed E-state index contributed by atoms with van der Waals surface area (Å²) < 4.78 is 11.3. The molecule has 0 fully saturated rings. The van der Waals surface area contributed by atoms with Crippen LogP contribution in [0.2, 0.25) is 5.02 Å². The third-order valence-corrected chi connectivity index (χ3v) is 7.79. The number of benzene rings is 4. The summed E-state index contributed by atoms with van der Waals surface area (Å²) in [6.07, 6.45) is 2.02. The van der Waals surface area contributed by atoms with Crippen LogP contribution in [-0.4, -0.2) is 20.8 Å². The standard InChI is InChI=1S/C31H28ClNO2/c1-34-29-17-22-12-13-33(31(28(22)18-30(29)35-2)23-7-5-8-25(32)16-23)19-20-10-11-27-24(14-20)15-21-6-3-4-9-26(21)27/h3-11,14,16-18,31H,12-13,15,19H2,1-2H3/p+1/t31-/m1/s1. The lowest BCUT2D eigenvalue weighted by Crippen LogP contribution is -3.12. The van der Waals surface area contributed by atoms with E-state index in [1.165, 1.54) is 49.4 Å². The third kappa shape index (κ3) is 3.99. The van der Waals surface area contributed by atoms with Gasteiger partial charge in [0.05, 0.1) is 20.8 Å². The Labute approximate surface area is 211 Å². The van der Waals surface area contributed by atoms with Crippen molar-refractivity contribution in [1.29, 1.82) is 0 Å². The maximum Gasteiger partial charge on any atom is 0.161 e. The van der Waals surface area contributed by atoms with Crippen LogP contribution < -0.4 is 14.4 Å². The first-order valence-electron chi connectivity index (χ1n) is 12.2. The van der Waals surface area contributed by atoms with Gasteiger partial charge >= 0.3 is 0 Å². The van der Waals surface area contributed by atoms with Crippen molar-refractivity contribution in [1.82, 2.24) is 0 Å². The number of rotatable bonds is 5. The van der Waals surface area contributed by atoms with Crippen molar-refractivity contribution in [3.8, 4) is 22.6 Å². The molecule has 1 unspecified atom stereocenters. The summed E-state index contributed by atoms with van der Waals surface area (Å²) >= 11 is 6.46. The Bertz CT molecular complexity index is 1410. The Kier molecular flexibility index (Phi) is 5.75. The molecule has 2 atom stereocenters. The smallest absolute Gasteiger partial charge is 0.161 e. The van der Waals surface area contributed by atoms with Crippen LogP contribution in [0.3, 0.4) is 0 Å². The molecular formula is C31H29ClNO2+. The lowest BCUT2D eigenvalue weighted by Gasteiger charge is -2.35. The first-order valence-corrected chi connectivity index (χ1v) is 12.6. The Morgan fingerprint density at radius 3 is 2.43 bits per heavy atom. The summed E-state index contributed by atoms with van der Waals surface area (Å²) in [5, 5.41) is 0.768. The molecule has 0 amide bonds. The highest BCUT2D eigenvalue weighted by molar-refractivity contribution is 6.30. The van der Waals surface area contributed by atoms with E-state index in [1.54, 1.807) is 14.2 Å². The van der Waals surface area contributed by atoms with E-state index in [4.69, 9.17) is 21.1 Å². The molecular weight excluding hydrogens is 454 g/mol. The zero-order valence-corrected chi connectivity index (χ0v) is 20.9. The predicted molar refractivity (Wildman–Crippen MR) is 141 cm³/mol. The van der Waals surface area contributed by atoms with E-state index in [0.717, 1.165) is 42.5 Å². The average Bonchev–Trinajstić information content (AvgIpc) is 3.25. The van der Waals surface area contributed by atoms with Gasteiger partial charge in [-0.05, 0) is 64.6 Å². The van der Waals surface area contributed by atoms with Gasteiger partial charge < -0.3 is 14.4 Å². The van der Waals surface area contributed by atoms with Crippen LogP contribution in [0.15, 0.2) is 78.9 Å².